The molecule has 2 N–H and O–H groups in total. The zero-order chi connectivity index (χ0) is 23.1. The fourth-order valence-electron chi connectivity index (χ4n) is 4.33. The third-order valence-corrected chi connectivity index (χ3v) is 6.10. The predicted octanol–water partition coefficient (Wildman–Crippen LogP) is 6.66. The van der Waals surface area contributed by atoms with Crippen LogP contribution in [0.25, 0.3) is 44.9 Å². The molecule has 0 amide bonds. The van der Waals surface area contributed by atoms with E-state index in [1.165, 1.54) is 0 Å². The van der Waals surface area contributed by atoms with Crippen molar-refractivity contribution in [3.63, 3.8) is 0 Å². The Labute approximate surface area is 198 Å². The van der Waals surface area contributed by atoms with Crippen LogP contribution in [0.3, 0.4) is 0 Å². The van der Waals surface area contributed by atoms with Gasteiger partial charge < -0.3 is 14.9 Å². The third-order valence-electron chi connectivity index (χ3n) is 5.84. The molecule has 5 nitrogen and oxygen atoms in total. The summed E-state index contributed by atoms with van der Waals surface area (Å²) >= 11 is 6.13. The second kappa shape index (κ2) is 8.41. The molecule has 3 aromatic carbocycles. The Kier molecular flexibility index (Phi) is 5.43. The van der Waals surface area contributed by atoms with Crippen molar-refractivity contribution in [2.24, 2.45) is 13.0 Å². The van der Waals surface area contributed by atoms with Gasteiger partial charge in [-0.15, -0.1) is 0 Å². The highest BCUT2D eigenvalue weighted by molar-refractivity contribution is 6.30. The van der Waals surface area contributed by atoms with Crippen LogP contribution in [0.1, 0.15) is 13.8 Å². The molecule has 0 atom stereocenters. The highest BCUT2D eigenvalue weighted by Crippen LogP contribution is 2.37. The fourth-order valence-corrected chi connectivity index (χ4v) is 4.46. The van der Waals surface area contributed by atoms with Gasteiger partial charge in [-0.05, 0) is 42.3 Å². The molecule has 0 unspecified atom stereocenters. The number of hydrogen-bond donors (Lipinski definition) is 1. The summed E-state index contributed by atoms with van der Waals surface area (Å²) in [5.74, 6) is 1.89. The minimum atomic E-state index is 0.460. The van der Waals surface area contributed by atoms with Crippen molar-refractivity contribution in [1.29, 1.82) is 0 Å². The first-order valence-corrected chi connectivity index (χ1v) is 11.4. The molecule has 0 aliphatic carbocycles. The summed E-state index contributed by atoms with van der Waals surface area (Å²) < 4.78 is 4.25. The zero-order valence-electron chi connectivity index (χ0n) is 19.0. The second-order valence-electron chi connectivity index (χ2n) is 8.74. The van der Waals surface area contributed by atoms with Crippen LogP contribution < -0.4 is 5.73 Å². The maximum atomic E-state index is 6.26. The molecule has 0 aliphatic rings. The summed E-state index contributed by atoms with van der Waals surface area (Å²) in [5.41, 5.74) is 13.3. The van der Waals surface area contributed by atoms with Crippen molar-refractivity contribution >= 4 is 28.6 Å². The minimum Gasteiger partial charge on any atom is -0.369 e. The average Bonchev–Trinajstić information content (AvgIpc) is 3.31. The summed E-state index contributed by atoms with van der Waals surface area (Å²) in [4.78, 5) is 9.66. The summed E-state index contributed by atoms with van der Waals surface area (Å²) in [5, 5.41) is 0.706. The topological polar surface area (TPSA) is 61.7 Å². The molecule has 33 heavy (non-hydrogen) atoms. The van der Waals surface area contributed by atoms with Gasteiger partial charge in [-0.2, -0.15) is 0 Å². The lowest BCUT2D eigenvalue weighted by Crippen LogP contribution is -2.08. The van der Waals surface area contributed by atoms with Crippen LogP contribution in [0, 0.1) is 5.92 Å². The van der Waals surface area contributed by atoms with Crippen LogP contribution >= 0.6 is 11.6 Å². The Bertz CT molecular complexity index is 1430. The molecule has 0 spiro atoms. The average molecular weight is 456 g/mol. The monoisotopic (exact) mass is 455 g/mol. The third kappa shape index (κ3) is 3.89. The SMILES string of the molecule is CC(C)Cn1c(N)nc2ccc(-c3c(-c4ccccc4)nc(-c4ccc(Cl)cc4)n3C)cc21. The Morgan fingerprint density at radius 2 is 1.58 bits per heavy atom. The van der Waals surface area contributed by atoms with Crippen LogP contribution in [0.15, 0.2) is 72.8 Å². The van der Waals surface area contributed by atoms with Crippen molar-refractivity contribution in [3.8, 4) is 33.9 Å². The summed E-state index contributed by atoms with van der Waals surface area (Å²) in [6.07, 6.45) is 0. The van der Waals surface area contributed by atoms with E-state index < -0.39 is 0 Å². The van der Waals surface area contributed by atoms with Crippen molar-refractivity contribution in [3.05, 3.63) is 77.8 Å². The van der Waals surface area contributed by atoms with Gasteiger partial charge in [0.1, 0.15) is 5.82 Å². The van der Waals surface area contributed by atoms with E-state index in [-0.39, 0.29) is 0 Å². The standard InChI is InChI=1S/C27H26ClN5/c1-17(2)16-33-23-15-20(11-14-22(23)30-27(33)29)25-24(18-7-5-4-6-8-18)31-26(32(25)3)19-9-12-21(28)13-10-19/h4-15,17H,16H2,1-3H3,(H2,29,30). The first-order chi connectivity index (χ1) is 15.9. The lowest BCUT2D eigenvalue weighted by Gasteiger charge is -2.11. The van der Waals surface area contributed by atoms with Gasteiger partial charge in [0.25, 0.3) is 0 Å². The minimum absolute atomic E-state index is 0.460. The Balaban J connectivity index is 1.74. The van der Waals surface area contributed by atoms with Gasteiger partial charge in [0.05, 0.1) is 22.4 Å². The van der Waals surface area contributed by atoms with Crippen molar-refractivity contribution in [2.75, 3.05) is 5.73 Å². The molecule has 0 saturated heterocycles. The number of aromatic nitrogens is 4. The van der Waals surface area contributed by atoms with Gasteiger partial charge in [0, 0.05) is 35.3 Å². The number of rotatable bonds is 5. The quantitative estimate of drug-likeness (QED) is 0.322. The van der Waals surface area contributed by atoms with Crippen LogP contribution in [-0.2, 0) is 13.6 Å². The molecule has 166 valence electrons. The van der Waals surface area contributed by atoms with E-state index in [0.717, 1.165) is 51.5 Å². The van der Waals surface area contributed by atoms with Crippen molar-refractivity contribution in [2.45, 2.75) is 20.4 Å². The number of hydrogen-bond acceptors (Lipinski definition) is 3. The number of imidazole rings is 2. The summed E-state index contributed by atoms with van der Waals surface area (Å²) in [7, 11) is 2.06. The van der Waals surface area contributed by atoms with Crippen LogP contribution in [0.5, 0.6) is 0 Å². The molecule has 0 fully saturated rings. The normalized spacial score (nSPS) is 11.5. The molecular formula is C27H26ClN5. The Hall–Kier alpha value is -3.57. The maximum Gasteiger partial charge on any atom is 0.201 e. The first-order valence-electron chi connectivity index (χ1n) is 11.1. The van der Waals surface area contributed by atoms with E-state index in [2.05, 4.69) is 59.3 Å². The van der Waals surface area contributed by atoms with Gasteiger partial charge in [0.15, 0.2) is 0 Å². The molecule has 5 rings (SSSR count). The molecule has 0 bridgehead atoms. The van der Waals surface area contributed by atoms with E-state index in [1.54, 1.807) is 0 Å². The Morgan fingerprint density at radius 1 is 0.879 bits per heavy atom. The lowest BCUT2D eigenvalue weighted by molar-refractivity contribution is 0.538. The van der Waals surface area contributed by atoms with Crippen LogP contribution in [0.4, 0.5) is 5.95 Å². The molecule has 0 aliphatic heterocycles. The van der Waals surface area contributed by atoms with Crippen LogP contribution in [-0.4, -0.2) is 19.1 Å². The highest BCUT2D eigenvalue weighted by atomic mass is 35.5. The predicted molar refractivity (Wildman–Crippen MR) is 137 cm³/mol. The molecule has 6 heteroatoms. The van der Waals surface area contributed by atoms with Crippen LogP contribution in [0.2, 0.25) is 5.02 Å². The lowest BCUT2D eigenvalue weighted by atomic mass is 10.0. The van der Waals surface area contributed by atoms with Crippen molar-refractivity contribution < 1.29 is 0 Å². The molecule has 0 radical (unpaired) electrons. The molecular weight excluding hydrogens is 430 g/mol. The van der Waals surface area contributed by atoms with Gasteiger partial charge in [-0.1, -0.05) is 61.8 Å². The largest absolute Gasteiger partial charge is 0.369 e. The van der Waals surface area contributed by atoms with Gasteiger partial charge >= 0.3 is 0 Å². The van der Waals surface area contributed by atoms with Crippen molar-refractivity contribution in [1.82, 2.24) is 19.1 Å². The number of nitrogens with two attached hydrogens (primary N) is 1. The second-order valence-corrected chi connectivity index (χ2v) is 9.18. The van der Waals surface area contributed by atoms with E-state index in [9.17, 15) is 0 Å². The summed E-state index contributed by atoms with van der Waals surface area (Å²) in [6.45, 7) is 5.18. The number of anilines is 1. The van der Waals surface area contributed by atoms with E-state index in [4.69, 9.17) is 22.3 Å². The molecule has 2 aromatic heterocycles. The first kappa shape index (κ1) is 21.3. The molecule has 5 aromatic rings. The molecule has 2 heterocycles. The van der Waals surface area contributed by atoms with E-state index >= 15 is 0 Å². The fraction of sp³-hybridized carbons (Fsp3) is 0.185. The Morgan fingerprint density at radius 3 is 2.27 bits per heavy atom. The van der Waals surface area contributed by atoms with Gasteiger partial charge in [-0.25, -0.2) is 9.97 Å². The van der Waals surface area contributed by atoms with E-state index in [0.29, 0.717) is 16.9 Å². The smallest absolute Gasteiger partial charge is 0.201 e. The molecule has 0 saturated carbocycles. The number of nitrogen functional groups attached to an aromatic ring is 1. The number of benzene rings is 3. The zero-order valence-corrected chi connectivity index (χ0v) is 19.7. The highest BCUT2D eigenvalue weighted by Gasteiger charge is 2.20. The summed E-state index contributed by atoms with van der Waals surface area (Å²) in [6, 6.07) is 24.4. The maximum absolute atomic E-state index is 6.26. The van der Waals surface area contributed by atoms with Gasteiger partial charge in [-0.3, -0.25) is 0 Å². The van der Waals surface area contributed by atoms with E-state index in [1.807, 2.05) is 48.5 Å². The number of nitrogens with zero attached hydrogens (tertiary/aromatic N) is 4. The number of halogens is 1. The van der Waals surface area contributed by atoms with Gasteiger partial charge in [0.2, 0.25) is 5.95 Å². The number of fused-ring (bicyclic) bond motifs is 1.